The van der Waals surface area contributed by atoms with Gasteiger partial charge in [0.25, 0.3) is 0 Å². The van der Waals surface area contributed by atoms with Gasteiger partial charge in [0.05, 0.1) is 18.5 Å². The molecule has 0 amide bonds. The standard InChI is InChI=1S/C17H19N3O3/c1-20-14-6-4-3-5-13(14)19-15(16(20)21)18-12-9-7-11(8-10-12)17(22)23-2/h3-7,9,16,21H,8,10H2,1-2H3,(H,18,19). The minimum atomic E-state index is -0.836. The monoisotopic (exact) mass is 313 g/mol. The largest absolute Gasteiger partial charge is 0.466 e. The third-order valence-electron chi connectivity index (χ3n) is 4.00. The summed E-state index contributed by atoms with van der Waals surface area (Å²) in [6, 6.07) is 7.66. The molecule has 0 saturated heterocycles. The number of para-hydroxylation sites is 2. The van der Waals surface area contributed by atoms with Gasteiger partial charge in [0.2, 0.25) is 0 Å². The van der Waals surface area contributed by atoms with Crippen molar-refractivity contribution in [3.8, 4) is 0 Å². The molecule has 1 atom stereocenters. The first-order chi connectivity index (χ1) is 11.1. The number of methoxy groups -OCH3 is 1. The number of likely N-dealkylation sites (N-methyl/N-ethyl adjacent to an activating group) is 1. The Balaban J connectivity index is 1.81. The summed E-state index contributed by atoms with van der Waals surface area (Å²) in [5, 5.41) is 13.6. The third-order valence-corrected chi connectivity index (χ3v) is 4.00. The highest BCUT2D eigenvalue weighted by Gasteiger charge is 2.26. The van der Waals surface area contributed by atoms with E-state index < -0.39 is 6.23 Å². The number of rotatable bonds is 2. The van der Waals surface area contributed by atoms with Crippen molar-refractivity contribution in [2.75, 3.05) is 19.1 Å². The zero-order valence-electron chi connectivity index (χ0n) is 13.1. The van der Waals surface area contributed by atoms with E-state index in [4.69, 9.17) is 4.74 Å². The Kier molecular flexibility index (Phi) is 4.16. The van der Waals surface area contributed by atoms with Gasteiger partial charge in [-0.3, -0.25) is 0 Å². The van der Waals surface area contributed by atoms with Crippen LogP contribution < -0.4 is 10.2 Å². The summed E-state index contributed by atoms with van der Waals surface area (Å²) in [6.07, 6.45) is 3.99. The van der Waals surface area contributed by atoms with Crippen molar-refractivity contribution in [2.24, 2.45) is 4.99 Å². The summed E-state index contributed by atoms with van der Waals surface area (Å²) in [6.45, 7) is 0. The highest BCUT2D eigenvalue weighted by atomic mass is 16.5. The van der Waals surface area contributed by atoms with Crippen LogP contribution in [0.3, 0.4) is 0 Å². The predicted octanol–water partition coefficient (Wildman–Crippen LogP) is 1.85. The Morgan fingerprint density at radius 3 is 2.83 bits per heavy atom. The van der Waals surface area contributed by atoms with Crippen LogP contribution in [0, 0.1) is 0 Å². The van der Waals surface area contributed by atoms with Crippen LogP contribution in [0.25, 0.3) is 0 Å². The van der Waals surface area contributed by atoms with Crippen LogP contribution in [0.4, 0.5) is 11.4 Å². The van der Waals surface area contributed by atoms with Crippen molar-refractivity contribution in [2.45, 2.75) is 19.1 Å². The van der Waals surface area contributed by atoms with Gasteiger partial charge in [-0.25, -0.2) is 9.79 Å². The van der Waals surface area contributed by atoms with Gasteiger partial charge < -0.3 is 20.1 Å². The number of aliphatic hydroxyl groups is 1. The first-order valence-corrected chi connectivity index (χ1v) is 7.43. The molecule has 0 spiro atoms. The van der Waals surface area contributed by atoms with Gasteiger partial charge >= 0.3 is 5.97 Å². The lowest BCUT2D eigenvalue weighted by atomic mass is 10.0. The van der Waals surface area contributed by atoms with Crippen LogP contribution in [-0.4, -0.2) is 37.3 Å². The summed E-state index contributed by atoms with van der Waals surface area (Å²) in [5.41, 5.74) is 3.25. The molecule has 3 rings (SSSR count). The Morgan fingerprint density at radius 1 is 1.35 bits per heavy atom. The minimum Gasteiger partial charge on any atom is -0.466 e. The van der Waals surface area contributed by atoms with Crippen molar-refractivity contribution < 1.29 is 14.6 Å². The Bertz CT molecular complexity index is 722. The summed E-state index contributed by atoms with van der Waals surface area (Å²) in [7, 11) is 3.20. The number of nitrogens with zero attached hydrogens (tertiary/aromatic N) is 2. The van der Waals surface area contributed by atoms with Crippen LogP contribution in [-0.2, 0) is 9.53 Å². The maximum Gasteiger partial charge on any atom is 0.333 e. The Morgan fingerprint density at radius 2 is 2.13 bits per heavy atom. The number of fused-ring (bicyclic) bond motifs is 1. The van der Waals surface area contributed by atoms with E-state index in [1.807, 2.05) is 37.4 Å². The fourth-order valence-electron chi connectivity index (χ4n) is 2.66. The second-order valence-corrected chi connectivity index (χ2v) is 5.47. The molecule has 6 heteroatoms. The number of anilines is 1. The lowest BCUT2D eigenvalue weighted by Gasteiger charge is -2.32. The van der Waals surface area contributed by atoms with E-state index in [-0.39, 0.29) is 5.97 Å². The zero-order chi connectivity index (χ0) is 16.4. The molecule has 23 heavy (non-hydrogen) atoms. The van der Waals surface area contributed by atoms with E-state index in [0.717, 1.165) is 17.1 Å². The fourth-order valence-corrected chi connectivity index (χ4v) is 2.66. The molecule has 0 aromatic heterocycles. The summed E-state index contributed by atoms with van der Waals surface area (Å²) < 4.78 is 4.72. The maximum absolute atomic E-state index is 11.5. The van der Waals surface area contributed by atoms with E-state index in [0.29, 0.717) is 24.3 Å². The van der Waals surface area contributed by atoms with Gasteiger partial charge in [-0.1, -0.05) is 18.2 Å². The maximum atomic E-state index is 11.5. The van der Waals surface area contributed by atoms with Crippen molar-refractivity contribution in [1.29, 1.82) is 0 Å². The Labute approximate surface area is 134 Å². The number of carbonyl (C=O) groups excluding carboxylic acids is 1. The molecular weight excluding hydrogens is 294 g/mol. The minimum absolute atomic E-state index is 0.302. The van der Waals surface area contributed by atoms with E-state index in [9.17, 15) is 9.90 Å². The number of aliphatic imine (C=N–C) groups is 1. The highest BCUT2D eigenvalue weighted by molar-refractivity contribution is 5.97. The van der Waals surface area contributed by atoms with Crippen LogP contribution in [0.5, 0.6) is 0 Å². The molecule has 1 aromatic carbocycles. The van der Waals surface area contributed by atoms with Crippen molar-refractivity contribution in [3.05, 3.63) is 47.7 Å². The number of allylic oxidation sites excluding steroid dienone is 3. The molecule has 1 aliphatic carbocycles. The van der Waals surface area contributed by atoms with E-state index in [1.165, 1.54) is 7.11 Å². The smallest absolute Gasteiger partial charge is 0.333 e. The first-order valence-electron chi connectivity index (χ1n) is 7.43. The average Bonchev–Trinajstić information content (AvgIpc) is 2.59. The first kappa shape index (κ1) is 15.3. The van der Waals surface area contributed by atoms with Crippen LogP contribution in [0.15, 0.2) is 52.7 Å². The average molecular weight is 313 g/mol. The molecule has 1 unspecified atom stereocenters. The number of benzene rings is 1. The molecule has 1 aromatic rings. The number of esters is 1. The van der Waals surface area contributed by atoms with Crippen molar-refractivity contribution in [3.63, 3.8) is 0 Å². The summed E-state index contributed by atoms with van der Waals surface area (Å²) >= 11 is 0. The van der Waals surface area contributed by atoms with E-state index in [1.54, 1.807) is 11.0 Å². The number of hydrogen-bond donors (Lipinski definition) is 2. The number of hydrogen-bond acceptors (Lipinski definition) is 6. The second kappa shape index (κ2) is 6.26. The van der Waals surface area contributed by atoms with Gasteiger partial charge in [-0.05, 0) is 31.1 Å². The van der Waals surface area contributed by atoms with Crippen LogP contribution >= 0.6 is 0 Å². The molecule has 1 heterocycles. The van der Waals surface area contributed by atoms with Crippen molar-refractivity contribution >= 4 is 23.2 Å². The van der Waals surface area contributed by atoms with Crippen LogP contribution in [0.2, 0.25) is 0 Å². The highest BCUT2D eigenvalue weighted by Crippen LogP contribution is 2.32. The fraction of sp³-hybridized carbons (Fsp3) is 0.294. The van der Waals surface area contributed by atoms with Gasteiger partial charge in [0, 0.05) is 18.3 Å². The van der Waals surface area contributed by atoms with Crippen LogP contribution in [0.1, 0.15) is 12.8 Å². The lowest BCUT2D eigenvalue weighted by Crippen LogP contribution is -2.47. The molecule has 2 N–H and O–H groups in total. The van der Waals surface area contributed by atoms with E-state index >= 15 is 0 Å². The molecule has 0 radical (unpaired) electrons. The number of carbonyl (C=O) groups is 1. The molecule has 0 bridgehead atoms. The molecule has 120 valence electrons. The Hall–Kier alpha value is -2.60. The van der Waals surface area contributed by atoms with E-state index in [2.05, 4.69) is 10.3 Å². The molecular formula is C17H19N3O3. The molecule has 1 aliphatic heterocycles. The molecule has 6 nitrogen and oxygen atoms in total. The SMILES string of the molecule is COC(=O)C1=CC=C(NC2=Nc3ccccc3N(C)C2O)CC1. The van der Waals surface area contributed by atoms with Gasteiger partial charge in [-0.15, -0.1) is 0 Å². The zero-order valence-corrected chi connectivity index (χ0v) is 13.1. The molecule has 2 aliphatic rings. The predicted molar refractivity (Wildman–Crippen MR) is 88.5 cm³/mol. The lowest BCUT2D eigenvalue weighted by molar-refractivity contribution is -0.136. The number of nitrogens with one attached hydrogen (secondary N) is 1. The topological polar surface area (TPSA) is 74.2 Å². The normalized spacial score (nSPS) is 20.0. The summed E-state index contributed by atoms with van der Waals surface area (Å²) in [5.74, 6) is 0.177. The summed E-state index contributed by atoms with van der Waals surface area (Å²) in [4.78, 5) is 17.8. The number of amidine groups is 1. The van der Waals surface area contributed by atoms with Gasteiger partial charge in [-0.2, -0.15) is 0 Å². The second-order valence-electron chi connectivity index (χ2n) is 5.47. The van der Waals surface area contributed by atoms with Gasteiger partial charge in [0.1, 0.15) is 0 Å². The van der Waals surface area contributed by atoms with Crippen molar-refractivity contribution in [1.82, 2.24) is 5.32 Å². The number of ether oxygens (including phenoxy) is 1. The van der Waals surface area contributed by atoms with Gasteiger partial charge in [0.15, 0.2) is 12.1 Å². The molecule has 0 saturated carbocycles. The quantitative estimate of drug-likeness (QED) is 0.815. The molecule has 0 fully saturated rings. The number of aliphatic hydroxyl groups excluding tert-OH is 1. The third kappa shape index (κ3) is 2.98.